The Balaban J connectivity index is 1.63. The lowest BCUT2D eigenvalue weighted by atomic mass is 10.0. The summed E-state index contributed by atoms with van der Waals surface area (Å²) in [7, 11) is 0. The number of amides is 1. The van der Waals surface area contributed by atoms with Gasteiger partial charge in [0.05, 0.1) is 24.0 Å². The largest absolute Gasteiger partial charge is 0.481 e. The van der Waals surface area contributed by atoms with Gasteiger partial charge in [0.25, 0.3) is 5.91 Å². The van der Waals surface area contributed by atoms with Gasteiger partial charge in [-0.25, -0.2) is 9.38 Å². The Morgan fingerprint density at radius 2 is 1.87 bits per heavy atom. The maximum absolute atomic E-state index is 13.1. The molecule has 1 saturated heterocycles. The molecule has 0 radical (unpaired) electrons. The molecule has 3 aromatic carbocycles. The fraction of sp³-hybridized carbons (Fsp3) is 0.0909. The second-order valence-electron chi connectivity index (χ2n) is 6.99. The predicted molar refractivity (Wildman–Crippen MR) is 110 cm³/mol. The van der Waals surface area contributed by atoms with Gasteiger partial charge in [-0.05, 0) is 35.2 Å². The van der Waals surface area contributed by atoms with Crippen LogP contribution < -0.4 is 4.90 Å². The van der Waals surface area contributed by atoms with E-state index < -0.39 is 17.9 Å². The summed E-state index contributed by atoms with van der Waals surface area (Å²) in [6.45, 7) is 0. The monoisotopic (exact) mass is 402 g/mol. The van der Waals surface area contributed by atoms with Crippen molar-refractivity contribution in [3.8, 4) is 0 Å². The maximum Gasteiger partial charge on any atom is 0.306 e. The number of carbonyl (C=O) groups is 2. The summed E-state index contributed by atoms with van der Waals surface area (Å²) in [5.74, 6) is -1.71. The quantitative estimate of drug-likeness (QED) is 0.677. The molecule has 1 amide bonds. The van der Waals surface area contributed by atoms with Crippen LogP contribution in [0.1, 0.15) is 12.0 Å². The summed E-state index contributed by atoms with van der Waals surface area (Å²) < 4.78 is 13.1. The number of carboxylic acids is 1. The lowest BCUT2D eigenvalue weighted by molar-refractivity contribution is -0.140. The fourth-order valence-corrected chi connectivity index (χ4v) is 3.80. The zero-order valence-corrected chi connectivity index (χ0v) is 15.6. The first-order chi connectivity index (χ1) is 14.5. The van der Waals surface area contributed by atoms with E-state index >= 15 is 0 Å². The number of guanidine groups is 1. The Hall–Kier alpha value is -4.07. The average molecular weight is 402 g/mol. The zero-order valence-electron chi connectivity index (χ0n) is 15.6. The molecule has 30 heavy (non-hydrogen) atoms. The molecule has 0 spiro atoms. The third kappa shape index (κ3) is 2.81. The molecular formula is C22H15FN4O3. The molecule has 5 rings (SSSR count). The molecule has 3 aromatic rings. The lowest BCUT2D eigenvalue weighted by Gasteiger charge is -2.28. The van der Waals surface area contributed by atoms with Crippen molar-refractivity contribution in [3.63, 3.8) is 0 Å². The molecular weight excluding hydrogens is 387 g/mol. The Labute approximate surface area is 170 Å². The molecule has 1 unspecified atom stereocenters. The molecule has 1 atom stereocenters. The van der Waals surface area contributed by atoms with E-state index in [1.165, 1.54) is 30.5 Å². The maximum atomic E-state index is 13.1. The molecule has 148 valence electrons. The molecule has 2 aliphatic heterocycles. The number of anilines is 1. The van der Waals surface area contributed by atoms with Gasteiger partial charge in [-0.15, -0.1) is 0 Å². The van der Waals surface area contributed by atoms with Crippen molar-refractivity contribution in [2.75, 3.05) is 4.90 Å². The molecule has 0 saturated carbocycles. The number of halogens is 1. The number of carboxylic acid groups (broad SMARTS) is 1. The van der Waals surface area contributed by atoms with E-state index in [0.717, 1.165) is 15.8 Å². The van der Waals surface area contributed by atoms with E-state index in [1.807, 2.05) is 36.4 Å². The standard InChI is InChI=1S/C22H15FN4O3/c23-15-9-7-13(8-10-15)12-24-27-21(30)18(11-19(28)29)26-17-6-2-4-14-3-1-5-16(20(14)17)25-22(26)27/h1-10,12,18H,11H2,(H,28,29)/b24-12+. The summed E-state index contributed by atoms with van der Waals surface area (Å²) in [5, 5.41) is 16.6. The average Bonchev–Trinajstić information content (AvgIpc) is 2.99. The second kappa shape index (κ2) is 6.77. The summed E-state index contributed by atoms with van der Waals surface area (Å²) in [5.41, 5.74) is 1.99. The van der Waals surface area contributed by atoms with Crippen LogP contribution in [0.15, 0.2) is 70.8 Å². The number of fused-ring (bicyclic) bond motifs is 2. The van der Waals surface area contributed by atoms with Crippen LogP contribution in [0, 0.1) is 5.82 Å². The Kier molecular flexibility index (Phi) is 4.06. The highest BCUT2D eigenvalue weighted by atomic mass is 19.1. The van der Waals surface area contributed by atoms with Gasteiger partial charge in [-0.3, -0.25) is 14.5 Å². The highest BCUT2D eigenvalue weighted by Gasteiger charge is 2.47. The van der Waals surface area contributed by atoms with Crippen molar-refractivity contribution in [2.24, 2.45) is 10.1 Å². The van der Waals surface area contributed by atoms with Crippen molar-refractivity contribution in [2.45, 2.75) is 12.5 Å². The second-order valence-corrected chi connectivity index (χ2v) is 6.99. The van der Waals surface area contributed by atoms with E-state index in [0.29, 0.717) is 16.9 Å². The minimum atomic E-state index is -1.09. The van der Waals surface area contributed by atoms with Crippen LogP contribution in [0.5, 0.6) is 0 Å². The van der Waals surface area contributed by atoms with E-state index in [9.17, 15) is 19.1 Å². The molecule has 7 nitrogen and oxygen atoms in total. The van der Waals surface area contributed by atoms with Gasteiger partial charge < -0.3 is 5.11 Å². The Bertz CT molecular complexity index is 1250. The molecule has 0 aromatic heterocycles. The smallest absolute Gasteiger partial charge is 0.306 e. The highest BCUT2D eigenvalue weighted by molar-refractivity contribution is 6.24. The van der Waals surface area contributed by atoms with Gasteiger partial charge >= 0.3 is 5.97 Å². The zero-order chi connectivity index (χ0) is 20.8. The van der Waals surface area contributed by atoms with Crippen molar-refractivity contribution < 1.29 is 19.1 Å². The van der Waals surface area contributed by atoms with E-state index in [-0.39, 0.29) is 18.2 Å². The SMILES string of the molecule is O=C(O)CC1C(=O)N(/N=C/c2ccc(F)cc2)C2=Nc3cccc4cccc(c34)N21. The predicted octanol–water partition coefficient (Wildman–Crippen LogP) is 3.51. The number of hydrogen-bond donors (Lipinski definition) is 1. The molecule has 1 fully saturated rings. The summed E-state index contributed by atoms with van der Waals surface area (Å²) in [4.78, 5) is 30.8. The number of benzene rings is 3. The molecule has 0 aliphatic carbocycles. The summed E-state index contributed by atoms with van der Waals surface area (Å²) >= 11 is 0. The molecule has 2 aliphatic rings. The summed E-state index contributed by atoms with van der Waals surface area (Å²) in [6.07, 6.45) is 1.03. The van der Waals surface area contributed by atoms with Crippen molar-refractivity contribution in [1.29, 1.82) is 0 Å². The first-order valence-electron chi connectivity index (χ1n) is 9.28. The molecule has 0 bridgehead atoms. The highest BCUT2D eigenvalue weighted by Crippen LogP contribution is 2.42. The first kappa shape index (κ1) is 18.0. The normalized spacial score (nSPS) is 17.6. The van der Waals surface area contributed by atoms with Gasteiger partial charge in [0.15, 0.2) is 0 Å². The van der Waals surface area contributed by atoms with Crippen LogP contribution in [0.3, 0.4) is 0 Å². The van der Waals surface area contributed by atoms with Gasteiger partial charge in [0.1, 0.15) is 11.9 Å². The van der Waals surface area contributed by atoms with Crippen molar-refractivity contribution in [1.82, 2.24) is 5.01 Å². The first-order valence-corrected chi connectivity index (χ1v) is 9.28. The number of aliphatic imine (C=N–C) groups is 1. The van der Waals surface area contributed by atoms with Crippen LogP contribution in [0.2, 0.25) is 0 Å². The van der Waals surface area contributed by atoms with Crippen LogP contribution in [0.4, 0.5) is 15.8 Å². The van der Waals surface area contributed by atoms with Crippen LogP contribution in [-0.4, -0.2) is 40.2 Å². The number of hydrazone groups is 1. The van der Waals surface area contributed by atoms with Crippen LogP contribution >= 0.6 is 0 Å². The third-order valence-corrected chi connectivity index (χ3v) is 5.11. The van der Waals surface area contributed by atoms with Gasteiger partial charge in [-0.2, -0.15) is 10.1 Å². The minimum Gasteiger partial charge on any atom is -0.481 e. The van der Waals surface area contributed by atoms with Gasteiger partial charge in [0.2, 0.25) is 5.96 Å². The lowest BCUT2D eigenvalue weighted by Crippen LogP contribution is -2.38. The van der Waals surface area contributed by atoms with Crippen molar-refractivity contribution in [3.05, 3.63) is 72.0 Å². The van der Waals surface area contributed by atoms with Gasteiger partial charge in [-0.1, -0.05) is 36.4 Å². The third-order valence-electron chi connectivity index (χ3n) is 5.11. The Morgan fingerprint density at radius 3 is 2.60 bits per heavy atom. The van der Waals surface area contributed by atoms with E-state index in [2.05, 4.69) is 10.1 Å². The van der Waals surface area contributed by atoms with Crippen LogP contribution in [-0.2, 0) is 9.59 Å². The van der Waals surface area contributed by atoms with E-state index in [4.69, 9.17) is 0 Å². The number of hydrogen-bond acceptors (Lipinski definition) is 5. The number of carbonyl (C=O) groups excluding carboxylic acids is 1. The topological polar surface area (TPSA) is 85.6 Å². The fourth-order valence-electron chi connectivity index (χ4n) is 3.80. The number of nitrogens with zero attached hydrogens (tertiary/aromatic N) is 4. The molecule has 8 heteroatoms. The molecule has 1 N–H and O–H groups in total. The number of rotatable bonds is 4. The molecule has 2 heterocycles. The van der Waals surface area contributed by atoms with Crippen molar-refractivity contribution >= 4 is 46.2 Å². The van der Waals surface area contributed by atoms with Gasteiger partial charge in [0, 0.05) is 5.39 Å². The van der Waals surface area contributed by atoms with E-state index in [1.54, 1.807) is 4.90 Å². The number of aliphatic carboxylic acids is 1. The van der Waals surface area contributed by atoms with Crippen LogP contribution in [0.25, 0.3) is 10.8 Å². The minimum absolute atomic E-state index is 0.246. The Morgan fingerprint density at radius 1 is 1.13 bits per heavy atom. The summed E-state index contributed by atoms with van der Waals surface area (Å²) in [6, 6.07) is 16.0.